The van der Waals surface area contributed by atoms with E-state index in [-0.39, 0.29) is 11.4 Å². The van der Waals surface area contributed by atoms with Crippen LogP contribution in [0, 0.1) is 17.1 Å². The van der Waals surface area contributed by atoms with Crippen LogP contribution in [0.2, 0.25) is 0 Å². The average molecular weight is 319 g/mol. The van der Waals surface area contributed by atoms with Crippen molar-refractivity contribution in [3.8, 4) is 34.2 Å². The number of nitrogens with zero attached hydrogens (tertiary/aromatic N) is 2. The minimum atomic E-state index is -0.420. The molecular weight excluding hydrogens is 305 g/mol. The van der Waals surface area contributed by atoms with Gasteiger partial charge in [-0.3, -0.25) is 0 Å². The zero-order chi connectivity index (χ0) is 17.1. The van der Waals surface area contributed by atoms with Crippen molar-refractivity contribution in [1.82, 2.24) is 4.98 Å². The molecule has 4 nitrogen and oxygen atoms in total. The molecule has 0 aliphatic rings. The Morgan fingerprint density at radius 3 is 2.58 bits per heavy atom. The first-order valence-corrected chi connectivity index (χ1v) is 7.24. The topological polar surface area (TPSA) is 71.9 Å². The molecule has 0 atom stereocenters. The van der Waals surface area contributed by atoms with E-state index < -0.39 is 5.82 Å². The number of nitriles is 1. The first kappa shape index (κ1) is 15.5. The highest BCUT2D eigenvalue weighted by molar-refractivity contribution is 5.80. The van der Waals surface area contributed by atoms with Crippen molar-refractivity contribution in [3.63, 3.8) is 0 Å². The molecule has 5 heteroatoms. The SMILES string of the molecule is COc1cccc(-c2cc(-c3ccccc3F)c(C#N)c(N)n2)c1. The summed E-state index contributed by atoms with van der Waals surface area (Å²) in [5.74, 6) is 0.317. The van der Waals surface area contributed by atoms with E-state index in [1.165, 1.54) is 6.07 Å². The Labute approximate surface area is 139 Å². The Kier molecular flexibility index (Phi) is 4.13. The molecule has 3 aromatic rings. The first-order valence-electron chi connectivity index (χ1n) is 7.24. The van der Waals surface area contributed by atoms with E-state index in [0.29, 0.717) is 22.6 Å². The maximum Gasteiger partial charge on any atom is 0.142 e. The highest BCUT2D eigenvalue weighted by Gasteiger charge is 2.16. The van der Waals surface area contributed by atoms with E-state index in [1.807, 2.05) is 24.3 Å². The van der Waals surface area contributed by atoms with Gasteiger partial charge in [-0.25, -0.2) is 9.37 Å². The Hall–Kier alpha value is -3.39. The number of anilines is 1. The van der Waals surface area contributed by atoms with Gasteiger partial charge >= 0.3 is 0 Å². The number of aromatic nitrogens is 1. The molecule has 0 aliphatic carbocycles. The summed E-state index contributed by atoms with van der Waals surface area (Å²) in [7, 11) is 1.57. The van der Waals surface area contributed by atoms with Crippen molar-refractivity contribution >= 4 is 5.82 Å². The number of rotatable bonds is 3. The minimum Gasteiger partial charge on any atom is -0.497 e. The molecule has 0 unspecified atom stereocenters. The maximum absolute atomic E-state index is 14.2. The number of benzene rings is 2. The number of nitrogen functional groups attached to an aromatic ring is 1. The molecule has 0 saturated heterocycles. The molecule has 0 spiro atoms. The summed E-state index contributed by atoms with van der Waals surface area (Å²) < 4.78 is 19.4. The van der Waals surface area contributed by atoms with Crippen LogP contribution in [0.5, 0.6) is 5.75 Å². The number of halogens is 1. The molecule has 0 amide bonds. The van der Waals surface area contributed by atoms with Crippen LogP contribution in [0.4, 0.5) is 10.2 Å². The van der Waals surface area contributed by atoms with Crippen molar-refractivity contribution in [1.29, 1.82) is 5.26 Å². The number of pyridine rings is 1. The Balaban J connectivity index is 2.24. The highest BCUT2D eigenvalue weighted by Crippen LogP contribution is 2.33. The van der Waals surface area contributed by atoms with Crippen LogP contribution in [0.1, 0.15) is 5.56 Å². The second kappa shape index (κ2) is 6.39. The Morgan fingerprint density at radius 1 is 1.08 bits per heavy atom. The quantitative estimate of drug-likeness (QED) is 0.791. The van der Waals surface area contributed by atoms with Gasteiger partial charge in [0.25, 0.3) is 0 Å². The van der Waals surface area contributed by atoms with E-state index in [0.717, 1.165) is 5.56 Å². The number of hydrogen-bond donors (Lipinski definition) is 1. The number of ether oxygens (including phenoxy) is 1. The second-order valence-electron chi connectivity index (χ2n) is 5.14. The van der Waals surface area contributed by atoms with Crippen LogP contribution in [0.25, 0.3) is 22.4 Å². The molecule has 0 saturated carbocycles. The van der Waals surface area contributed by atoms with Gasteiger partial charge in [0.05, 0.1) is 12.8 Å². The second-order valence-corrected chi connectivity index (χ2v) is 5.14. The van der Waals surface area contributed by atoms with Gasteiger partial charge in [-0.2, -0.15) is 5.26 Å². The normalized spacial score (nSPS) is 10.2. The molecule has 1 aromatic heterocycles. The van der Waals surface area contributed by atoms with Crippen molar-refractivity contribution in [2.24, 2.45) is 0 Å². The predicted molar refractivity (Wildman–Crippen MR) is 90.7 cm³/mol. The molecule has 1 heterocycles. The van der Waals surface area contributed by atoms with Gasteiger partial charge in [-0.05, 0) is 24.3 Å². The van der Waals surface area contributed by atoms with Crippen LogP contribution in [0.3, 0.4) is 0 Å². The molecule has 3 rings (SSSR count). The van der Waals surface area contributed by atoms with Gasteiger partial charge in [-0.1, -0.05) is 30.3 Å². The van der Waals surface area contributed by atoms with Crippen LogP contribution < -0.4 is 10.5 Å². The van der Waals surface area contributed by atoms with E-state index >= 15 is 0 Å². The lowest BCUT2D eigenvalue weighted by Gasteiger charge is -2.11. The van der Waals surface area contributed by atoms with Crippen LogP contribution >= 0.6 is 0 Å². The van der Waals surface area contributed by atoms with E-state index in [1.54, 1.807) is 37.4 Å². The van der Waals surface area contributed by atoms with Gasteiger partial charge < -0.3 is 10.5 Å². The summed E-state index contributed by atoms with van der Waals surface area (Å²) in [6.07, 6.45) is 0. The molecular formula is C19H14FN3O. The minimum absolute atomic E-state index is 0.0658. The number of hydrogen-bond acceptors (Lipinski definition) is 4. The van der Waals surface area contributed by atoms with Crippen molar-refractivity contribution in [2.45, 2.75) is 0 Å². The summed E-state index contributed by atoms with van der Waals surface area (Å²) in [5, 5.41) is 9.38. The van der Waals surface area contributed by atoms with Crippen LogP contribution in [0.15, 0.2) is 54.6 Å². The van der Waals surface area contributed by atoms with Gasteiger partial charge in [0, 0.05) is 16.7 Å². The fraction of sp³-hybridized carbons (Fsp3) is 0.0526. The molecule has 0 fully saturated rings. The summed E-state index contributed by atoms with van der Waals surface area (Å²) in [5.41, 5.74) is 8.14. The number of methoxy groups -OCH3 is 1. The summed E-state index contributed by atoms with van der Waals surface area (Å²) in [4.78, 5) is 4.28. The van der Waals surface area contributed by atoms with Gasteiger partial charge in [-0.15, -0.1) is 0 Å². The van der Waals surface area contributed by atoms with Crippen molar-refractivity contribution in [2.75, 3.05) is 12.8 Å². The van der Waals surface area contributed by atoms with Crippen LogP contribution in [-0.2, 0) is 0 Å². The lowest BCUT2D eigenvalue weighted by Crippen LogP contribution is -2.00. The summed E-state index contributed by atoms with van der Waals surface area (Å²) in [6.45, 7) is 0. The zero-order valence-corrected chi connectivity index (χ0v) is 13.0. The monoisotopic (exact) mass is 319 g/mol. The first-order chi connectivity index (χ1) is 11.6. The third-order valence-corrected chi connectivity index (χ3v) is 3.69. The predicted octanol–water partition coefficient (Wildman–Crippen LogP) is 4.02. The lowest BCUT2D eigenvalue weighted by molar-refractivity contribution is 0.415. The Morgan fingerprint density at radius 2 is 1.88 bits per heavy atom. The van der Waals surface area contributed by atoms with E-state index in [4.69, 9.17) is 10.5 Å². The van der Waals surface area contributed by atoms with Crippen LogP contribution in [-0.4, -0.2) is 12.1 Å². The van der Waals surface area contributed by atoms with Gasteiger partial charge in [0.15, 0.2) is 0 Å². The van der Waals surface area contributed by atoms with E-state index in [9.17, 15) is 9.65 Å². The van der Waals surface area contributed by atoms with Gasteiger partial charge in [0.1, 0.15) is 29.0 Å². The molecule has 118 valence electrons. The average Bonchev–Trinajstić information content (AvgIpc) is 2.61. The zero-order valence-electron chi connectivity index (χ0n) is 13.0. The summed E-state index contributed by atoms with van der Waals surface area (Å²) >= 11 is 0. The number of nitrogens with two attached hydrogens (primary N) is 1. The van der Waals surface area contributed by atoms with E-state index in [2.05, 4.69) is 4.98 Å². The maximum atomic E-state index is 14.2. The van der Waals surface area contributed by atoms with Crippen molar-refractivity contribution < 1.29 is 9.13 Å². The molecule has 24 heavy (non-hydrogen) atoms. The molecule has 0 aliphatic heterocycles. The lowest BCUT2D eigenvalue weighted by atomic mass is 9.98. The van der Waals surface area contributed by atoms with Gasteiger partial charge in [0.2, 0.25) is 0 Å². The summed E-state index contributed by atoms with van der Waals surface area (Å²) in [6, 6.07) is 17.2. The fourth-order valence-corrected chi connectivity index (χ4v) is 2.50. The molecule has 2 aromatic carbocycles. The highest BCUT2D eigenvalue weighted by atomic mass is 19.1. The molecule has 0 radical (unpaired) electrons. The third-order valence-electron chi connectivity index (χ3n) is 3.69. The smallest absolute Gasteiger partial charge is 0.142 e. The third kappa shape index (κ3) is 2.77. The fourth-order valence-electron chi connectivity index (χ4n) is 2.50. The molecule has 0 bridgehead atoms. The molecule has 2 N–H and O–H groups in total. The Bertz CT molecular complexity index is 948. The standard InChI is InChI=1S/C19H14FN3O/c1-24-13-6-4-5-12(9-13)18-10-15(16(11-21)19(22)23-18)14-7-2-3-8-17(14)20/h2-10H,1H3,(H2,22,23). The van der Waals surface area contributed by atoms with Crippen molar-refractivity contribution in [3.05, 3.63) is 66.0 Å². The largest absolute Gasteiger partial charge is 0.497 e.